The number of nitrogens with zero attached hydrogens (tertiary/aromatic N) is 1. The number of alkyl halides is 3. The number of halogens is 3. The summed E-state index contributed by atoms with van der Waals surface area (Å²) in [6.45, 7) is 0. The van der Waals surface area contributed by atoms with Gasteiger partial charge in [0.1, 0.15) is 6.04 Å². The Hall–Kier alpha value is -2.35. The van der Waals surface area contributed by atoms with Gasteiger partial charge in [-0.2, -0.15) is 13.2 Å². The van der Waals surface area contributed by atoms with E-state index in [2.05, 4.69) is 15.3 Å². The largest absolute Gasteiger partial charge is 0.480 e. The molecule has 8 heteroatoms. The highest BCUT2D eigenvalue weighted by Gasteiger charge is 2.35. The van der Waals surface area contributed by atoms with E-state index in [1.54, 1.807) is 0 Å². The molecule has 1 aliphatic rings. The number of carbonyl (C=O) groups is 1. The van der Waals surface area contributed by atoms with Crippen LogP contribution in [-0.2, 0) is 17.4 Å². The molecule has 116 valence electrons. The van der Waals surface area contributed by atoms with E-state index in [4.69, 9.17) is 0 Å². The van der Waals surface area contributed by atoms with Gasteiger partial charge in [-0.3, -0.25) is 10.1 Å². The Kier molecular flexibility index (Phi) is 3.40. The molecule has 5 nitrogen and oxygen atoms in total. The van der Waals surface area contributed by atoms with Gasteiger partial charge in [0.2, 0.25) is 0 Å². The minimum Gasteiger partial charge on any atom is -0.480 e. The van der Waals surface area contributed by atoms with Gasteiger partial charge in [0.05, 0.1) is 23.6 Å². The topological polar surface area (TPSA) is 78.0 Å². The van der Waals surface area contributed by atoms with Crippen LogP contribution < -0.4 is 5.32 Å². The molecular weight excluding hydrogens is 299 g/mol. The minimum absolute atomic E-state index is 0.208. The van der Waals surface area contributed by atoms with Gasteiger partial charge in [0.25, 0.3) is 0 Å². The van der Waals surface area contributed by atoms with Crippen molar-refractivity contribution in [1.82, 2.24) is 15.3 Å². The number of H-pyrrole nitrogens is 1. The minimum atomic E-state index is -4.45. The van der Waals surface area contributed by atoms with Crippen LogP contribution in [0.1, 0.15) is 28.6 Å². The Morgan fingerprint density at radius 2 is 2.14 bits per heavy atom. The molecule has 0 amide bonds. The molecule has 0 spiro atoms. The summed E-state index contributed by atoms with van der Waals surface area (Å²) in [5.74, 6) is -1.06. The first kappa shape index (κ1) is 14.6. The summed E-state index contributed by atoms with van der Waals surface area (Å²) in [6, 6.07) is 3.24. The number of aromatic amines is 1. The fraction of sp³-hybridized carbons (Fsp3) is 0.286. The van der Waals surface area contributed by atoms with Crippen molar-refractivity contribution < 1.29 is 23.1 Å². The third kappa shape index (κ3) is 2.57. The quantitative estimate of drug-likeness (QED) is 0.794. The molecule has 2 heterocycles. The second-order valence-corrected chi connectivity index (χ2v) is 5.08. The molecule has 0 saturated heterocycles. The van der Waals surface area contributed by atoms with E-state index in [-0.39, 0.29) is 6.42 Å². The monoisotopic (exact) mass is 311 g/mol. The van der Waals surface area contributed by atoms with Crippen molar-refractivity contribution in [2.24, 2.45) is 0 Å². The van der Waals surface area contributed by atoms with Crippen LogP contribution in [0.3, 0.4) is 0 Å². The van der Waals surface area contributed by atoms with Crippen molar-refractivity contribution in [2.45, 2.75) is 24.7 Å². The molecule has 2 aromatic rings. The van der Waals surface area contributed by atoms with Crippen LogP contribution in [0.5, 0.6) is 0 Å². The number of aromatic nitrogens is 2. The third-order valence-corrected chi connectivity index (χ3v) is 3.65. The number of carboxylic acids is 1. The van der Waals surface area contributed by atoms with Crippen molar-refractivity contribution in [3.8, 4) is 0 Å². The summed E-state index contributed by atoms with van der Waals surface area (Å²) in [5.41, 5.74) is 0.695. The first-order valence-electron chi connectivity index (χ1n) is 6.54. The predicted octanol–water partition coefficient (Wildman–Crippen LogP) is 2.12. The Balaban J connectivity index is 2.02. The first-order chi connectivity index (χ1) is 10.4. The fourth-order valence-corrected chi connectivity index (χ4v) is 2.59. The highest BCUT2D eigenvalue weighted by atomic mass is 19.4. The molecule has 0 unspecified atom stereocenters. The molecule has 0 aliphatic carbocycles. The number of hydrogen-bond donors (Lipinski definition) is 3. The van der Waals surface area contributed by atoms with E-state index in [0.717, 1.165) is 12.1 Å². The molecule has 1 aromatic heterocycles. The maximum absolute atomic E-state index is 12.8. The zero-order valence-corrected chi connectivity index (χ0v) is 11.2. The summed E-state index contributed by atoms with van der Waals surface area (Å²) >= 11 is 0. The zero-order valence-electron chi connectivity index (χ0n) is 11.2. The lowest BCUT2D eigenvalue weighted by atomic mass is 9.93. The van der Waals surface area contributed by atoms with Crippen LogP contribution in [0.15, 0.2) is 30.6 Å². The smallest absolute Gasteiger partial charge is 0.416 e. The number of aliphatic carboxylic acids is 1. The van der Waals surface area contributed by atoms with Crippen molar-refractivity contribution in [3.63, 3.8) is 0 Å². The Morgan fingerprint density at radius 1 is 1.36 bits per heavy atom. The lowest BCUT2D eigenvalue weighted by Crippen LogP contribution is -2.45. The second-order valence-electron chi connectivity index (χ2n) is 5.08. The van der Waals surface area contributed by atoms with E-state index in [0.29, 0.717) is 17.0 Å². The highest BCUT2D eigenvalue weighted by Crippen LogP contribution is 2.33. The lowest BCUT2D eigenvalue weighted by Gasteiger charge is -2.28. The van der Waals surface area contributed by atoms with Gasteiger partial charge in [0.15, 0.2) is 0 Å². The van der Waals surface area contributed by atoms with Crippen molar-refractivity contribution >= 4 is 5.97 Å². The Bertz CT molecular complexity index is 711. The van der Waals surface area contributed by atoms with Gasteiger partial charge in [-0.25, -0.2) is 4.98 Å². The summed E-state index contributed by atoms with van der Waals surface area (Å²) in [6.07, 6.45) is -2.83. The average molecular weight is 311 g/mol. The predicted molar refractivity (Wildman–Crippen MR) is 70.1 cm³/mol. The van der Waals surface area contributed by atoms with Gasteiger partial charge >= 0.3 is 12.1 Å². The molecule has 1 aromatic carbocycles. The van der Waals surface area contributed by atoms with Crippen molar-refractivity contribution in [2.75, 3.05) is 0 Å². The van der Waals surface area contributed by atoms with Crippen LogP contribution >= 0.6 is 0 Å². The number of rotatable bonds is 2. The first-order valence-corrected chi connectivity index (χ1v) is 6.54. The van der Waals surface area contributed by atoms with E-state index in [1.807, 2.05) is 0 Å². The molecule has 2 atom stereocenters. The summed E-state index contributed by atoms with van der Waals surface area (Å²) in [4.78, 5) is 18.2. The van der Waals surface area contributed by atoms with Crippen LogP contribution in [-0.4, -0.2) is 27.1 Å². The number of fused-ring (bicyclic) bond motifs is 1. The standard InChI is InChI=1S/C14H12F3N3O2/c15-14(16,17)8-3-1-2-7(4-8)11-12-9(18-6-19-12)5-10(20-11)13(21)22/h1-4,6,10-11,20H,5H2,(H,18,19)(H,21,22)/t10-,11-/m1/s1. The molecule has 3 N–H and O–H groups in total. The molecule has 22 heavy (non-hydrogen) atoms. The molecule has 0 bridgehead atoms. The SMILES string of the molecule is O=C(O)[C@H]1Cc2[nH]cnc2[C@@H](c2cccc(C(F)(F)F)c2)N1. The second kappa shape index (κ2) is 5.13. The fourth-order valence-electron chi connectivity index (χ4n) is 2.59. The van der Waals surface area contributed by atoms with Crippen LogP contribution in [0.25, 0.3) is 0 Å². The third-order valence-electron chi connectivity index (χ3n) is 3.65. The summed E-state index contributed by atoms with van der Waals surface area (Å²) in [7, 11) is 0. The molecule has 0 radical (unpaired) electrons. The number of nitrogens with one attached hydrogen (secondary N) is 2. The lowest BCUT2D eigenvalue weighted by molar-refractivity contribution is -0.140. The van der Waals surface area contributed by atoms with E-state index >= 15 is 0 Å². The normalized spacial score (nSPS) is 21.4. The van der Waals surface area contributed by atoms with Crippen LogP contribution in [0.4, 0.5) is 13.2 Å². The average Bonchev–Trinajstić information content (AvgIpc) is 2.93. The molecule has 1 aliphatic heterocycles. The highest BCUT2D eigenvalue weighted by molar-refractivity contribution is 5.74. The summed E-state index contributed by atoms with van der Waals surface area (Å²) < 4.78 is 38.5. The number of benzene rings is 1. The number of carboxylic acid groups (broad SMARTS) is 1. The van der Waals surface area contributed by atoms with Gasteiger partial charge in [-0.15, -0.1) is 0 Å². The Morgan fingerprint density at radius 3 is 2.82 bits per heavy atom. The zero-order chi connectivity index (χ0) is 15.9. The van der Waals surface area contributed by atoms with Gasteiger partial charge < -0.3 is 10.1 Å². The maximum Gasteiger partial charge on any atom is 0.416 e. The molecular formula is C14H12F3N3O2. The van der Waals surface area contributed by atoms with Crippen LogP contribution in [0, 0.1) is 0 Å². The van der Waals surface area contributed by atoms with E-state index in [1.165, 1.54) is 18.5 Å². The molecule has 0 fully saturated rings. The van der Waals surface area contributed by atoms with E-state index < -0.39 is 29.8 Å². The van der Waals surface area contributed by atoms with Crippen LogP contribution in [0.2, 0.25) is 0 Å². The summed E-state index contributed by atoms with van der Waals surface area (Å²) in [5, 5.41) is 12.0. The van der Waals surface area contributed by atoms with Gasteiger partial charge in [-0.05, 0) is 17.7 Å². The number of hydrogen-bond acceptors (Lipinski definition) is 3. The van der Waals surface area contributed by atoms with E-state index in [9.17, 15) is 23.1 Å². The Labute approximate surface area is 123 Å². The number of imidazole rings is 1. The van der Waals surface area contributed by atoms with Gasteiger partial charge in [-0.1, -0.05) is 12.1 Å². The maximum atomic E-state index is 12.8. The van der Waals surface area contributed by atoms with Gasteiger partial charge in [0, 0.05) is 12.1 Å². The molecule has 3 rings (SSSR count). The van der Waals surface area contributed by atoms with Crippen molar-refractivity contribution in [3.05, 3.63) is 53.1 Å². The molecule has 0 saturated carbocycles. The van der Waals surface area contributed by atoms with Crippen molar-refractivity contribution in [1.29, 1.82) is 0 Å².